The van der Waals surface area contributed by atoms with Crippen molar-refractivity contribution in [3.05, 3.63) is 48.5 Å². The van der Waals surface area contributed by atoms with Gasteiger partial charge in [0, 0.05) is 31.0 Å². The number of carbonyl (C=O) groups is 1. The van der Waals surface area contributed by atoms with E-state index < -0.39 is 0 Å². The van der Waals surface area contributed by atoms with Gasteiger partial charge in [0.2, 0.25) is 5.91 Å². The molecule has 2 aliphatic rings. The summed E-state index contributed by atoms with van der Waals surface area (Å²) in [4.78, 5) is 16.6. The molecule has 1 fully saturated rings. The summed E-state index contributed by atoms with van der Waals surface area (Å²) in [5.41, 5.74) is 1.95. The van der Waals surface area contributed by atoms with E-state index in [-0.39, 0.29) is 18.6 Å². The maximum atomic E-state index is 12.4. The summed E-state index contributed by atoms with van der Waals surface area (Å²) < 4.78 is 17.1. The van der Waals surface area contributed by atoms with Gasteiger partial charge in [0.05, 0.1) is 19.8 Å². The van der Waals surface area contributed by atoms with Gasteiger partial charge in [-0.25, -0.2) is 0 Å². The van der Waals surface area contributed by atoms with Crippen LogP contribution in [0.2, 0.25) is 0 Å². The quantitative estimate of drug-likeness (QED) is 0.807. The third kappa shape index (κ3) is 5.19. The predicted molar refractivity (Wildman–Crippen MR) is 112 cm³/mol. The molecule has 1 saturated heterocycles. The van der Waals surface area contributed by atoms with Gasteiger partial charge in [0.25, 0.3) is 0 Å². The van der Waals surface area contributed by atoms with Gasteiger partial charge >= 0.3 is 0 Å². The van der Waals surface area contributed by atoms with Crippen molar-refractivity contribution in [3.63, 3.8) is 0 Å². The lowest BCUT2D eigenvalue weighted by molar-refractivity contribution is -0.117. The van der Waals surface area contributed by atoms with Crippen LogP contribution in [-0.2, 0) is 9.53 Å². The molecule has 4 rings (SSSR count). The molecule has 7 heteroatoms. The highest BCUT2D eigenvalue weighted by Gasteiger charge is 2.22. The Bertz CT molecular complexity index is 821. The first-order valence-corrected chi connectivity index (χ1v) is 9.97. The van der Waals surface area contributed by atoms with E-state index in [1.807, 2.05) is 60.5 Å². The van der Waals surface area contributed by atoms with E-state index in [0.717, 1.165) is 49.2 Å². The lowest BCUT2D eigenvalue weighted by atomic mass is 10.2. The molecule has 0 radical (unpaired) electrons. The number of likely N-dealkylation sites (N-methyl/N-ethyl adjacent to an activating group) is 1. The van der Waals surface area contributed by atoms with Gasteiger partial charge in [0.15, 0.2) is 11.5 Å². The van der Waals surface area contributed by atoms with Crippen LogP contribution in [-0.4, -0.2) is 70.0 Å². The average molecular weight is 397 g/mol. The molecular weight excluding hydrogens is 370 g/mol. The van der Waals surface area contributed by atoms with Crippen LogP contribution >= 0.6 is 0 Å². The largest absolute Gasteiger partial charge is 0.486 e. The lowest BCUT2D eigenvalue weighted by Crippen LogP contribution is -2.42. The number of hydrogen-bond acceptors (Lipinski definition) is 6. The number of benzene rings is 2. The van der Waals surface area contributed by atoms with Crippen molar-refractivity contribution in [1.29, 1.82) is 0 Å². The van der Waals surface area contributed by atoms with Crippen molar-refractivity contribution in [3.8, 4) is 11.5 Å². The van der Waals surface area contributed by atoms with Crippen LogP contribution in [0.5, 0.6) is 11.5 Å². The number of rotatable bonds is 6. The van der Waals surface area contributed by atoms with Crippen LogP contribution in [0.4, 0.5) is 11.4 Å². The fourth-order valence-corrected chi connectivity index (χ4v) is 3.59. The first-order valence-electron chi connectivity index (χ1n) is 9.97. The molecule has 1 unspecified atom stereocenters. The van der Waals surface area contributed by atoms with Gasteiger partial charge < -0.3 is 24.4 Å². The molecule has 1 N–H and O–H groups in total. The maximum absolute atomic E-state index is 12.4. The zero-order valence-corrected chi connectivity index (χ0v) is 16.7. The second-order valence-corrected chi connectivity index (χ2v) is 7.39. The maximum Gasteiger partial charge on any atom is 0.238 e. The van der Waals surface area contributed by atoms with Crippen molar-refractivity contribution in [2.24, 2.45) is 0 Å². The molecule has 0 aliphatic carbocycles. The number of amides is 1. The zero-order valence-electron chi connectivity index (χ0n) is 16.7. The minimum atomic E-state index is -0.101. The molecule has 1 amide bonds. The van der Waals surface area contributed by atoms with Crippen LogP contribution in [0.1, 0.15) is 0 Å². The number of fused-ring (bicyclic) bond motifs is 1. The van der Waals surface area contributed by atoms with Gasteiger partial charge in [-0.1, -0.05) is 12.1 Å². The number of ether oxygens (including phenoxy) is 3. The number of para-hydroxylation sites is 2. The molecule has 1 atom stereocenters. The Morgan fingerprint density at radius 2 is 1.83 bits per heavy atom. The van der Waals surface area contributed by atoms with Gasteiger partial charge in [-0.3, -0.25) is 9.69 Å². The van der Waals surface area contributed by atoms with Crippen LogP contribution in [0.3, 0.4) is 0 Å². The third-order valence-corrected chi connectivity index (χ3v) is 5.02. The Hall–Kier alpha value is -2.77. The zero-order chi connectivity index (χ0) is 20.1. The Morgan fingerprint density at radius 3 is 2.59 bits per heavy atom. The smallest absolute Gasteiger partial charge is 0.238 e. The number of carbonyl (C=O) groups excluding carboxylic acids is 1. The molecule has 2 aromatic carbocycles. The molecule has 7 nitrogen and oxygen atoms in total. The molecule has 154 valence electrons. The van der Waals surface area contributed by atoms with Gasteiger partial charge in [0.1, 0.15) is 12.7 Å². The molecule has 2 aromatic rings. The standard InChI is InChI=1S/C22H27N3O4/c1-24(14-19-16-28-20-4-2-3-5-21(20)29-19)15-22(26)23-17-6-8-18(9-7-17)25-10-12-27-13-11-25/h2-9,19H,10-16H2,1H3,(H,23,26). The Morgan fingerprint density at radius 1 is 1.10 bits per heavy atom. The second-order valence-electron chi connectivity index (χ2n) is 7.39. The average Bonchev–Trinajstić information content (AvgIpc) is 2.74. The van der Waals surface area contributed by atoms with E-state index >= 15 is 0 Å². The van der Waals surface area contributed by atoms with Crippen LogP contribution in [0.15, 0.2) is 48.5 Å². The third-order valence-electron chi connectivity index (χ3n) is 5.02. The minimum Gasteiger partial charge on any atom is -0.486 e. The Kier molecular flexibility index (Phi) is 6.17. The highest BCUT2D eigenvalue weighted by Crippen LogP contribution is 2.30. The van der Waals surface area contributed by atoms with E-state index in [9.17, 15) is 4.79 Å². The van der Waals surface area contributed by atoms with E-state index in [1.54, 1.807) is 0 Å². The van der Waals surface area contributed by atoms with Gasteiger partial charge in [-0.2, -0.15) is 0 Å². The van der Waals surface area contributed by atoms with Crippen LogP contribution < -0.4 is 19.7 Å². The second kappa shape index (κ2) is 9.15. The highest BCUT2D eigenvalue weighted by molar-refractivity contribution is 5.92. The molecule has 0 bridgehead atoms. The van der Waals surface area contributed by atoms with Crippen LogP contribution in [0, 0.1) is 0 Å². The summed E-state index contributed by atoms with van der Waals surface area (Å²) in [5.74, 6) is 1.47. The molecular formula is C22H27N3O4. The minimum absolute atomic E-state index is 0.0521. The summed E-state index contributed by atoms with van der Waals surface area (Å²) in [5, 5.41) is 2.96. The van der Waals surface area contributed by atoms with Crippen molar-refractivity contribution in [2.45, 2.75) is 6.10 Å². The van der Waals surface area contributed by atoms with Crippen molar-refractivity contribution >= 4 is 17.3 Å². The fourth-order valence-electron chi connectivity index (χ4n) is 3.59. The molecule has 29 heavy (non-hydrogen) atoms. The Balaban J connectivity index is 1.24. The van der Waals surface area contributed by atoms with Gasteiger partial charge in [-0.15, -0.1) is 0 Å². The first-order chi connectivity index (χ1) is 14.2. The predicted octanol–water partition coefficient (Wildman–Crippen LogP) is 2.23. The van der Waals surface area contributed by atoms with Gasteiger partial charge in [-0.05, 0) is 43.4 Å². The topological polar surface area (TPSA) is 63.3 Å². The summed E-state index contributed by atoms with van der Waals surface area (Å²) in [6.07, 6.45) is -0.101. The number of nitrogens with one attached hydrogen (secondary N) is 1. The van der Waals surface area contributed by atoms with E-state index in [0.29, 0.717) is 13.2 Å². The summed E-state index contributed by atoms with van der Waals surface area (Å²) in [7, 11) is 1.91. The molecule has 2 heterocycles. The number of nitrogens with zero attached hydrogens (tertiary/aromatic N) is 2. The number of morpholine rings is 1. The molecule has 0 aromatic heterocycles. The van der Waals surface area contributed by atoms with Crippen molar-refractivity contribution in [2.75, 3.05) is 63.3 Å². The molecule has 0 spiro atoms. The SMILES string of the molecule is CN(CC(=O)Nc1ccc(N2CCOCC2)cc1)CC1COc2ccccc2O1. The van der Waals surface area contributed by atoms with Crippen LogP contribution in [0.25, 0.3) is 0 Å². The first kappa shape index (κ1) is 19.5. The van der Waals surface area contributed by atoms with E-state index in [2.05, 4.69) is 10.2 Å². The highest BCUT2D eigenvalue weighted by atomic mass is 16.6. The summed E-state index contributed by atoms with van der Waals surface area (Å²) >= 11 is 0. The van der Waals surface area contributed by atoms with Crippen molar-refractivity contribution < 1.29 is 19.0 Å². The molecule has 0 saturated carbocycles. The fraction of sp³-hybridized carbons (Fsp3) is 0.409. The monoisotopic (exact) mass is 397 g/mol. The summed E-state index contributed by atoms with van der Waals surface area (Å²) in [6.45, 7) is 4.68. The normalized spacial score (nSPS) is 18.6. The van der Waals surface area contributed by atoms with Crippen molar-refractivity contribution in [1.82, 2.24) is 4.90 Å². The van der Waals surface area contributed by atoms with E-state index in [1.165, 1.54) is 0 Å². The lowest BCUT2D eigenvalue weighted by Gasteiger charge is -2.29. The number of hydrogen-bond donors (Lipinski definition) is 1. The van der Waals surface area contributed by atoms with E-state index in [4.69, 9.17) is 14.2 Å². The summed E-state index contributed by atoms with van der Waals surface area (Å²) in [6, 6.07) is 15.6. The number of anilines is 2. The Labute approximate surface area is 171 Å². The molecule has 2 aliphatic heterocycles.